The molecule has 0 spiro atoms. The first kappa shape index (κ1) is 9.63. The summed E-state index contributed by atoms with van der Waals surface area (Å²) in [5, 5.41) is 0. The molecular formula is C10H11BrO4. The molecule has 82 valence electrons. The number of hydrogen-bond acceptors (Lipinski definition) is 4. The van der Waals surface area contributed by atoms with Gasteiger partial charge in [-0.05, 0) is 12.3 Å². The molecular weight excluding hydrogens is 264 g/mol. The van der Waals surface area contributed by atoms with Crippen molar-refractivity contribution in [3.05, 3.63) is 0 Å². The molecule has 1 aliphatic heterocycles. The zero-order valence-electron chi connectivity index (χ0n) is 8.18. The van der Waals surface area contributed by atoms with E-state index in [1.807, 2.05) is 0 Å². The van der Waals surface area contributed by atoms with E-state index in [1.165, 1.54) is 7.11 Å². The van der Waals surface area contributed by atoms with Gasteiger partial charge in [0.25, 0.3) is 0 Å². The van der Waals surface area contributed by atoms with E-state index in [1.54, 1.807) is 0 Å². The molecule has 0 radical (unpaired) electrons. The highest BCUT2D eigenvalue weighted by atomic mass is 79.9. The Labute approximate surface area is 95.4 Å². The fourth-order valence-corrected chi connectivity index (χ4v) is 4.48. The summed E-state index contributed by atoms with van der Waals surface area (Å²) in [4.78, 5) is 23.4. The summed E-state index contributed by atoms with van der Waals surface area (Å²) in [5.41, 5.74) is 0. The Bertz CT molecular complexity index is 342. The topological polar surface area (TPSA) is 52.6 Å². The van der Waals surface area contributed by atoms with Crippen molar-refractivity contribution >= 4 is 27.9 Å². The molecule has 0 aromatic carbocycles. The average molecular weight is 275 g/mol. The van der Waals surface area contributed by atoms with Crippen LogP contribution in [0.3, 0.4) is 0 Å². The van der Waals surface area contributed by atoms with Crippen LogP contribution in [0.25, 0.3) is 0 Å². The van der Waals surface area contributed by atoms with Gasteiger partial charge >= 0.3 is 11.9 Å². The van der Waals surface area contributed by atoms with E-state index in [2.05, 4.69) is 15.9 Å². The lowest BCUT2D eigenvalue weighted by atomic mass is 9.80. The third-order valence-electron chi connectivity index (χ3n) is 4.00. The fourth-order valence-electron chi connectivity index (χ4n) is 3.43. The fraction of sp³-hybridized carbons (Fsp3) is 0.800. The molecule has 2 bridgehead atoms. The molecule has 0 aromatic heterocycles. The largest absolute Gasteiger partial charge is 0.469 e. The predicted molar refractivity (Wildman–Crippen MR) is 53.2 cm³/mol. The van der Waals surface area contributed by atoms with E-state index in [9.17, 15) is 9.59 Å². The smallest absolute Gasteiger partial charge is 0.310 e. The van der Waals surface area contributed by atoms with Crippen LogP contribution in [0.2, 0.25) is 0 Å². The highest BCUT2D eigenvalue weighted by Gasteiger charge is 2.68. The van der Waals surface area contributed by atoms with E-state index in [0.717, 1.165) is 6.42 Å². The molecule has 3 aliphatic rings. The summed E-state index contributed by atoms with van der Waals surface area (Å²) in [6.07, 6.45) is 0.880. The lowest BCUT2D eigenvalue weighted by Crippen LogP contribution is -2.38. The van der Waals surface area contributed by atoms with Crippen molar-refractivity contribution in [2.45, 2.75) is 17.4 Å². The van der Waals surface area contributed by atoms with Gasteiger partial charge in [0.15, 0.2) is 0 Å². The SMILES string of the molecule is COC(=O)[C@H]1[C@H]2C[C@H]3[C@H](OC(=O)[C@@H]31)[C@@H]2Br. The maximum Gasteiger partial charge on any atom is 0.310 e. The van der Waals surface area contributed by atoms with E-state index in [4.69, 9.17) is 9.47 Å². The van der Waals surface area contributed by atoms with Crippen molar-refractivity contribution in [2.75, 3.05) is 7.11 Å². The first-order valence-electron chi connectivity index (χ1n) is 5.07. The summed E-state index contributed by atoms with van der Waals surface area (Å²) < 4.78 is 10.0. The third kappa shape index (κ3) is 1.02. The third-order valence-corrected chi connectivity index (χ3v) is 5.20. The molecule has 5 heteroatoms. The van der Waals surface area contributed by atoms with Crippen LogP contribution in [-0.4, -0.2) is 30.0 Å². The Morgan fingerprint density at radius 3 is 2.93 bits per heavy atom. The van der Waals surface area contributed by atoms with Crippen LogP contribution < -0.4 is 0 Å². The Balaban J connectivity index is 1.98. The molecule has 1 saturated heterocycles. The molecule has 0 amide bonds. The number of halogens is 1. The van der Waals surface area contributed by atoms with Crippen molar-refractivity contribution in [2.24, 2.45) is 23.7 Å². The van der Waals surface area contributed by atoms with Crippen LogP contribution in [0.4, 0.5) is 0 Å². The summed E-state index contributed by atoms with van der Waals surface area (Å²) >= 11 is 3.53. The molecule has 0 unspecified atom stereocenters. The summed E-state index contributed by atoms with van der Waals surface area (Å²) in [6, 6.07) is 0. The minimum absolute atomic E-state index is 0.0200. The number of fused-ring (bicyclic) bond motifs is 1. The lowest BCUT2D eigenvalue weighted by molar-refractivity contribution is -0.153. The van der Waals surface area contributed by atoms with Gasteiger partial charge in [-0.2, -0.15) is 0 Å². The number of rotatable bonds is 1. The second-order valence-electron chi connectivity index (χ2n) is 4.48. The molecule has 3 fully saturated rings. The Morgan fingerprint density at radius 2 is 2.27 bits per heavy atom. The summed E-state index contributed by atoms with van der Waals surface area (Å²) in [7, 11) is 1.37. The summed E-state index contributed by atoms with van der Waals surface area (Å²) in [5.74, 6) is -0.615. The summed E-state index contributed by atoms with van der Waals surface area (Å²) in [6.45, 7) is 0. The number of methoxy groups -OCH3 is 1. The average Bonchev–Trinajstić information content (AvgIpc) is 2.80. The van der Waals surface area contributed by atoms with E-state index in [0.29, 0.717) is 0 Å². The molecule has 1 heterocycles. The Hall–Kier alpha value is -0.580. The predicted octanol–water partition coefficient (Wildman–Crippen LogP) is 0.730. The van der Waals surface area contributed by atoms with Crippen molar-refractivity contribution < 1.29 is 19.1 Å². The van der Waals surface area contributed by atoms with Gasteiger partial charge in [-0.25, -0.2) is 0 Å². The van der Waals surface area contributed by atoms with E-state index in [-0.39, 0.29) is 46.5 Å². The quantitative estimate of drug-likeness (QED) is 0.523. The molecule has 2 aliphatic carbocycles. The highest BCUT2D eigenvalue weighted by molar-refractivity contribution is 9.09. The molecule has 3 rings (SSSR count). The maximum atomic E-state index is 11.6. The van der Waals surface area contributed by atoms with Crippen LogP contribution >= 0.6 is 15.9 Å². The number of carbonyl (C=O) groups is 2. The maximum absolute atomic E-state index is 11.6. The van der Waals surface area contributed by atoms with Gasteiger partial charge in [-0.15, -0.1) is 0 Å². The minimum Gasteiger partial charge on any atom is -0.469 e. The van der Waals surface area contributed by atoms with Crippen molar-refractivity contribution in [3.8, 4) is 0 Å². The van der Waals surface area contributed by atoms with Gasteiger partial charge in [0.2, 0.25) is 0 Å². The number of alkyl halides is 1. The van der Waals surface area contributed by atoms with Crippen LogP contribution in [-0.2, 0) is 19.1 Å². The second-order valence-corrected chi connectivity index (χ2v) is 5.54. The lowest BCUT2D eigenvalue weighted by Gasteiger charge is -2.26. The van der Waals surface area contributed by atoms with Crippen molar-refractivity contribution in [1.82, 2.24) is 0 Å². The van der Waals surface area contributed by atoms with Gasteiger partial charge in [0, 0.05) is 5.92 Å². The highest BCUT2D eigenvalue weighted by Crippen LogP contribution is 2.60. The van der Waals surface area contributed by atoms with E-state index >= 15 is 0 Å². The first-order valence-corrected chi connectivity index (χ1v) is 5.99. The van der Waals surface area contributed by atoms with Gasteiger partial charge in [0.1, 0.15) is 6.10 Å². The second kappa shape index (κ2) is 2.97. The van der Waals surface area contributed by atoms with Crippen LogP contribution in [0, 0.1) is 23.7 Å². The Kier molecular flexibility index (Phi) is 1.90. The van der Waals surface area contributed by atoms with Gasteiger partial charge in [-0.3, -0.25) is 9.59 Å². The zero-order chi connectivity index (χ0) is 10.7. The number of carbonyl (C=O) groups excluding carboxylic acids is 2. The van der Waals surface area contributed by atoms with Gasteiger partial charge in [-0.1, -0.05) is 15.9 Å². The first-order chi connectivity index (χ1) is 7.15. The van der Waals surface area contributed by atoms with Crippen molar-refractivity contribution in [1.29, 1.82) is 0 Å². The molecule has 2 saturated carbocycles. The van der Waals surface area contributed by atoms with Gasteiger partial charge < -0.3 is 9.47 Å². The Morgan fingerprint density at radius 1 is 1.53 bits per heavy atom. The minimum atomic E-state index is -0.296. The molecule has 15 heavy (non-hydrogen) atoms. The normalized spacial score (nSPS) is 50.7. The zero-order valence-corrected chi connectivity index (χ0v) is 9.77. The molecule has 0 N–H and O–H groups in total. The van der Waals surface area contributed by atoms with Crippen LogP contribution in [0.5, 0.6) is 0 Å². The number of hydrogen-bond donors (Lipinski definition) is 0. The standard InChI is InChI=1S/C10H11BrO4/c1-14-9(12)5-3-2-4-6(5)10(13)15-8(4)7(3)11/h3-8H,2H2,1H3/t3-,4-,5+,6+,7-,8+/m1/s1. The van der Waals surface area contributed by atoms with Crippen molar-refractivity contribution in [3.63, 3.8) is 0 Å². The van der Waals surface area contributed by atoms with Gasteiger partial charge in [0.05, 0.1) is 23.8 Å². The number of esters is 2. The molecule has 6 atom stereocenters. The van der Waals surface area contributed by atoms with E-state index < -0.39 is 0 Å². The molecule has 0 aromatic rings. The number of ether oxygens (including phenoxy) is 2. The molecule has 4 nitrogen and oxygen atoms in total. The van der Waals surface area contributed by atoms with Crippen LogP contribution in [0.1, 0.15) is 6.42 Å². The monoisotopic (exact) mass is 274 g/mol. The van der Waals surface area contributed by atoms with Crippen LogP contribution in [0.15, 0.2) is 0 Å².